The third kappa shape index (κ3) is 4.93. The molecule has 2 aromatic heterocycles. The summed E-state index contributed by atoms with van der Waals surface area (Å²) in [6, 6.07) is 6.17. The fourth-order valence-corrected chi connectivity index (χ4v) is 3.52. The van der Waals surface area contributed by atoms with Crippen LogP contribution in [0.5, 0.6) is 0 Å². The maximum atomic E-state index is 13.3. The van der Waals surface area contributed by atoms with Gasteiger partial charge >= 0.3 is 6.18 Å². The van der Waals surface area contributed by atoms with Gasteiger partial charge in [0.15, 0.2) is 17.7 Å². The molecule has 1 unspecified atom stereocenters. The summed E-state index contributed by atoms with van der Waals surface area (Å²) < 4.78 is 40.8. The highest BCUT2D eigenvalue weighted by atomic mass is 35.5. The van der Waals surface area contributed by atoms with Crippen molar-refractivity contribution in [2.24, 2.45) is 0 Å². The molecule has 0 saturated carbocycles. The van der Waals surface area contributed by atoms with Crippen molar-refractivity contribution in [3.8, 4) is 5.82 Å². The second kappa shape index (κ2) is 9.14. The summed E-state index contributed by atoms with van der Waals surface area (Å²) in [6.07, 6.45) is -5.28. The smallest absolute Gasteiger partial charge is 0.368 e. The van der Waals surface area contributed by atoms with Gasteiger partial charge in [-0.2, -0.15) is 18.3 Å². The van der Waals surface area contributed by atoms with Gasteiger partial charge in [0.25, 0.3) is 5.91 Å². The molecule has 0 spiro atoms. The maximum absolute atomic E-state index is 13.3. The molecule has 3 aromatic rings. The van der Waals surface area contributed by atoms with Crippen LogP contribution in [0, 0.1) is 0 Å². The van der Waals surface area contributed by atoms with Crippen LogP contribution in [-0.2, 0) is 6.18 Å². The molecule has 32 heavy (non-hydrogen) atoms. The van der Waals surface area contributed by atoms with E-state index in [0.717, 1.165) is 4.68 Å². The zero-order valence-corrected chi connectivity index (χ0v) is 18.7. The molecule has 0 aliphatic rings. The SMILES string of the molecule is CN(C)C(=O)c1cc(Cl)cc(Cl)c1NC(O)c1cc(C(F)(F)F)nn1-c1ncccc1Cl. The van der Waals surface area contributed by atoms with E-state index in [9.17, 15) is 23.1 Å². The molecule has 2 N–H and O–H groups in total. The van der Waals surface area contributed by atoms with Gasteiger partial charge in [-0.05, 0) is 30.3 Å². The number of carbonyl (C=O) groups is 1. The number of anilines is 1. The highest BCUT2D eigenvalue weighted by Gasteiger charge is 2.36. The average Bonchev–Trinajstić information content (AvgIpc) is 3.15. The number of halogens is 6. The molecular formula is C19H15Cl3F3N5O2. The van der Waals surface area contributed by atoms with E-state index in [0.29, 0.717) is 6.07 Å². The van der Waals surface area contributed by atoms with E-state index in [1.807, 2.05) is 0 Å². The first-order valence-corrected chi connectivity index (χ1v) is 9.97. The van der Waals surface area contributed by atoms with Crippen LogP contribution in [0.25, 0.3) is 5.82 Å². The third-order valence-corrected chi connectivity index (χ3v) is 5.03. The lowest BCUT2D eigenvalue weighted by Gasteiger charge is -2.21. The predicted molar refractivity (Wildman–Crippen MR) is 114 cm³/mol. The van der Waals surface area contributed by atoms with Crippen molar-refractivity contribution < 1.29 is 23.1 Å². The van der Waals surface area contributed by atoms with Gasteiger partial charge in [-0.1, -0.05) is 34.8 Å². The lowest BCUT2D eigenvalue weighted by atomic mass is 10.1. The molecule has 0 bridgehead atoms. The average molecular weight is 509 g/mol. The molecule has 1 aromatic carbocycles. The molecule has 0 aliphatic heterocycles. The van der Waals surface area contributed by atoms with Gasteiger partial charge in [0.05, 0.1) is 27.0 Å². The number of hydrogen-bond acceptors (Lipinski definition) is 5. The van der Waals surface area contributed by atoms with Crippen LogP contribution >= 0.6 is 34.8 Å². The van der Waals surface area contributed by atoms with Crippen molar-refractivity contribution in [2.45, 2.75) is 12.4 Å². The van der Waals surface area contributed by atoms with Crippen molar-refractivity contribution >= 4 is 46.4 Å². The summed E-state index contributed by atoms with van der Waals surface area (Å²) in [4.78, 5) is 17.7. The van der Waals surface area contributed by atoms with Gasteiger partial charge < -0.3 is 15.3 Å². The van der Waals surface area contributed by atoms with E-state index < -0.39 is 24.0 Å². The van der Waals surface area contributed by atoms with E-state index in [1.54, 1.807) is 0 Å². The van der Waals surface area contributed by atoms with Crippen molar-refractivity contribution in [3.63, 3.8) is 0 Å². The second-order valence-corrected chi connectivity index (χ2v) is 7.98. The predicted octanol–water partition coefficient (Wildman–Crippen LogP) is 5.05. The van der Waals surface area contributed by atoms with Crippen molar-refractivity contribution in [1.29, 1.82) is 0 Å². The molecule has 2 heterocycles. The van der Waals surface area contributed by atoms with E-state index in [-0.39, 0.29) is 37.8 Å². The fraction of sp³-hybridized carbons (Fsp3) is 0.211. The Labute approximate surface area is 195 Å². The number of hydrogen-bond donors (Lipinski definition) is 2. The first kappa shape index (κ1) is 24.1. The van der Waals surface area contributed by atoms with Crippen LogP contribution in [0.4, 0.5) is 18.9 Å². The number of carbonyl (C=O) groups excluding carboxylic acids is 1. The van der Waals surface area contributed by atoms with Crippen LogP contribution in [0.3, 0.4) is 0 Å². The van der Waals surface area contributed by atoms with Gasteiger partial charge in [0, 0.05) is 25.3 Å². The van der Waals surface area contributed by atoms with Gasteiger partial charge in [-0.25, -0.2) is 9.67 Å². The number of benzene rings is 1. The Balaban J connectivity index is 2.12. The highest BCUT2D eigenvalue weighted by Crippen LogP contribution is 2.36. The van der Waals surface area contributed by atoms with Crippen molar-refractivity contribution in [3.05, 3.63) is 68.5 Å². The standard InChI is InChI=1S/C19H15Cl3F3N5O2/c1-29(2)18(32)10-6-9(20)7-12(22)15(10)27-17(31)13-8-14(19(23,24)25)28-30(13)16-11(21)4-3-5-26-16/h3-8,17,27,31H,1-2H3. The highest BCUT2D eigenvalue weighted by molar-refractivity contribution is 6.37. The Kier molecular flexibility index (Phi) is 6.89. The largest absolute Gasteiger partial charge is 0.435 e. The van der Waals surface area contributed by atoms with Crippen LogP contribution < -0.4 is 5.32 Å². The molecule has 0 saturated heterocycles. The number of pyridine rings is 1. The minimum Gasteiger partial charge on any atom is -0.368 e. The summed E-state index contributed by atoms with van der Waals surface area (Å²) in [7, 11) is 2.98. The summed E-state index contributed by atoms with van der Waals surface area (Å²) in [5, 5.41) is 17.0. The quantitative estimate of drug-likeness (QED) is 0.471. The van der Waals surface area contributed by atoms with Crippen molar-refractivity contribution in [1.82, 2.24) is 19.7 Å². The van der Waals surface area contributed by atoms with Crippen LogP contribution in [0.2, 0.25) is 15.1 Å². The van der Waals surface area contributed by atoms with Gasteiger partial charge in [-0.15, -0.1) is 0 Å². The lowest BCUT2D eigenvalue weighted by molar-refractivity contribution is -0.141. The van der Waals surface area contributed by atoms with Crippen LogP contribution in [0.15, 0.2) is 36.5 Å². The molecule has 1 atom stereocenters. The topological polar surface area (TPSA) is 83.3 Å². The Bertz CT molecular complexity index is 1170. The number of alkyl halides is 3. The number of aliphatic hydroxyl groups excluding tert-OH is 1. The first-order valence-electron chi connectivity index (χ1n) is 8.83. The Morgan fingerprint density at radius 3 is 2.47 bits per heavy atom. The maximum Gasteiger partial charge on any atom is 0.435 e. The number of nitrogens with zero attached hydrogens (tertiary/aromatic N) is 4. The van der Waals surface area contributed by atoms with Crippen LogP contribution in [0.1, 0.15) is 28.0 Å². The number of aromatic nitrogens is 3. The lowest BCUT2D eigenvalue weighted by Crippen LogP contribution is -2.24. The minimum atomic E-state index is -4.80. The zero-order chi connectivity index (χ0) is 23.8. The number of aliphatic hydroxyl groups is 1. The Morgan fingerprint density at radius 1 is 1.19 bits per heavy atom. The molecule has 0 fully saturated rings. The van der Waals surface area contributed by atoms with E-state index in [2.05, 4.69) is 15.4 Å². The van der Waals surface area contributed by atoms with E-state index in [1.165, 1.54) is 49.5 Å². The van der Waals surface area contributed by atoms with Gasteiger partial charge in [0.2, 0.25) is 0 Å². The molecule has 1 amide bonds. The number of amides is 1. The first-order chi connectivity index (χ1) is 14.9. The normalized spacial score (nSPS) is 12.5. The van der Waals surface area contributed by atoms with E-state index >= 15 is 0 Å². The van der Waals surface area contributed by atoms with Crippen molar-refractivity contribution in [2.75, 3.05) is 19.4 Å². The minimum absolute atomic E-state index is 0.00419. The third-order valence-electron chi connectivity index (χ3n) is 4.22. The number of nitrogens with one attached hydrogen (secondary N) is 1. The molecule has 7 nitrogen and oxygen atoms in total. The molecule has 3 rings (SSSR count). The van der Waals surface area contributed by atoms with Gasteiger partial charge in [0.1, 0.15) is 0 Å². The molecular weight excluding hydrogens is 494 g/mol. The molecule has 0 radical (unpaired) electrons. The summed E-state index contributed by atoms with van der Waals surface area (Å²) >= 11 is 18.3. The monoisotopic (exact) mass is 507 g/mol. The number of rotatable bonds is 5. The zero-order valence-electron chi connectivity index (χ0n) is 16.5. The fourth-order valence-electron chi connectivity index (χ4n) is 2.77. The Hall–Kier alpha value is -2.53. The summed E-state index contributed by atoms with van der Waals surface area (Å²) in [5.41, 5.74) is -1.64. The second-order valence-electron chi connectivity index (χ2n) is 6.73. The Morgan fingerprint density at radius 2 is 1.88 bits per heavy atom. The molecule has 13 heteroatoms. The van der Waals surface area contributed by atoms with Gasteiger partial charge in [-0.3, -0.25) is 4.79 Å². The summed E-state index contributed by atoms with van der Waals surface area (Å²) in [5.74, 6) is -0.631. The molecule has 0 aliphatic carbocycles. The summed E-state index contributed by atoms with van der Waals surface area (Å²) in [6.45, 7) is 0. The van der Waals surface area contributed by atoms with Crippen LogP contribution in [-0.4, -0.2) is 44.8 Å². The van der Waals surface area contributed by atoms with E-state index in [4.69, 9.17) is 34.8 Å². The molecule has 170 valence electrons.